The van der Waals surface area contributed by atoms with Crippen molar-refractivity contribution in [1.82, 2.24) is 5.32 Å². The quantitative estimate of drug-likeness (QED) is 0.638. The normalized spacial score (nSPS) is 21.7. The van der Waals surface area contributed by atoms with Crippen molar-refractivity contribution >= 4 is 6.09 Å². The van der Waals surface area contributed by atoms with Gasteiger partial charge in [0.15, 0.2) is 0 Å². The number of carbonyl (C=O) groups excluding carboxylic acids is 1. The number of ether oxygens (including phenoxy) is 1. The smallest absolute Gasteiger partial charge is 0.407 e. The Balaban J connectivity index is 2.16. The first kappa shape index (κ1) is 7.16. The molecule has 0 bridgehead atoms. The molecule has 12 heavy (non-hydrogen) atoms. The molecule has 1 aromatic rings. The van der Waals surface area contributed by atoms with Crippen LogP contribution < -0.4 is 5.32 Å². The fraction of sp³-hybridized carbons (Fsp3) is 0.222. The van der Waals surface area contributed by atoms with E-state index in [0.29, 0.717) is 6.54 Å². The first-order chi connectivity index (χ1) is 5.86. The molecule has 1 fully saturated rings. The maximum Gasteiger partial charge on any atom is 0.407 e. The zero-order chi connectivity index (χ0) is 8.39. The predicted molar refractivity (Wildman–Crippen MR) is 43.7 cm³/mol. The Morgan fingerprint density at radius 3 is 2.67 bits per heavy atom. The van der Waals surface area contributed by atoms with E-state index in [4.69, 9.17) is 4.74 Å². The summed E-state index contributed by atoms with van der Waals surface area (Å²) in [7, 11) is 0. The van der Waals surface area contributed by atoms with Gasteiger partial charge in [0.05, 0.1) is 6.54 Å². The lowest BCUT2D eigenvalue weighted by atomic mass is 10.1. The molecule has 62 valence electrons. The number of hydrogen-bond acceptors (Lipinski definition) is 2. The number of hydrogen-bond donors (Lipinski definition) is 1. The van der Waals surface area contributed by atoms with E-state index in [0.717, 1.165) is 5.56 Å². The van der Waals surface area contributed by atoms with Gasteiger partial charge in [0.25, 0.3) is 0 Å². The van der Waals surface area contributed by atoms with Gasteiger partial charge in [-0.2, -0.15) is 0 Å². The molecule has 0 radical (unpaired) electrons. The summed E-state index contributed by atoms with van der Waals surface area (Å²) < 4.78 is 5.00. The van der Waals surface area contributed by atoms with Crippen LogP contribution in [0.3, 0.4) is 0 Å². The minimum Gasteiger partial charge on any atom is -0.439 e. The van der Waals surface area contributed by atoms with Crippen molar-refractivity contribution in [3.8, 4) is 0 Å². The SMILES string of the molecule is O=[13C]1NCC(c2ccccc2)O1. The molecule has 0 saturated carbocycles. The molecule has 0 spiro atoms. The van der Waals surface area contributed by atoms with Gasteiger partial charge in [-0.25, -0.2) is 4.79 Å². The zero-order valence-electron chi connectivity index (χ0n) is 6.49. The number of alkyl carbamates (subject to hydrolysis) is 1. The maximum absolute atomic E-state index is 10.7. The molecule has 1 aromatic carbocycles. The highest BCUT2D eigenvalue weighted by Gasteiger charge is 2.23. The second-order valence-corrected chi connectivity index (χ2v) is 2.69. The molecular formula is C9H9NO2. The summed E-state index contributed by atoms with van der Waals surface area (Å²) in [4.78, 5) is 10.7. The molecule has 1 amide bonds. The van der Waals surface area contributed by atoms with Gasteiger partial charge < -0.3 is 10.1 Å². The Morgan fingerprint density at radius 2 is 2.08 bits per heavy atom. The van der Waals surface area contributed by atoms with Crippen LogP contribution in [0.5, 0.6) is 0 Å². The summed E-state index contributed by atoms with van der Waals surface area (Å²) >= 11 is 0. The zero-order valence-corrected chi connectivity index (χ0v) is 6.49. The second-order valence-electron chi connectivity index (χ2n) is 2.69. The first-order valence-corrected chi connectivity index (χ1v) is 3.86. The van der Waals surface area contributed by atoms with Crippen molar-refractivity contribution < 1.29 is 9.53 Å². The summed E-state index contributed by atoms with van der Waals surface area (Å²) in [5, 5.41) is 2.61. The first-order valence-electron chi connectivity index (χ1n) is 3.86. The lowest BCUT2D eigenvalue weighted by Gasteiger charge is -2.06. The third kappa shape index (κ3) is 1.25. The Morgan fingerprint density at radius 1 is 1.33 bits per heavy atom. The van der Waals surface area contributed by atoms with E-state index in [1.165, 1.54) is 0 Å². The third-order valence-electron chi connectivity index (χ3n) is 1.85. The molecule has 3 nitrogen and oxygen atoms in total. The minimum atomic E-state index is -0.330. The van der Waals surface area contributed by atoms with Gasteiger partial charge in [-0.1, -0.05) is 30.3 Å². The van der Waals surface area contributed by atoms with Gasteiger partial charge in [-0.15, -0.1) is 0 Å². The summed E-state index contributed by atoms with van der Waals surface area (Å²) in [6.45, 7) is 0.572. The third-order valence-corrected chi connectivity index (χ3v) is 1.85. The van der Waals surface area contributed by atoms with E-state index in [2.05, 4.69) is 5.32 Å². The molecule has 1 unspecified atom stereocenters. The Kier molecular flexibility index (Phi) is 1.70. The Bertz CT molecular complexity index is 284. The molecule has 1 heterocycles. The van der Waals surface area contributed by atoms with Crippen molar-refractivity contribution in [3.05, 3.63) is 35.9 Å². The number of benzene rings is 1. The predicted octanol–water partition coefficient (Wildman–Crippen LogP) is 1.47. The summed E-state index contributed by atoms with van der Waals surface area (Å²) in [6.07, 6.45) is -0.442. The molecule has 0 aromatic heterocycles. The van der Waals surface area contributed by atoms with Gasteiger partial charge in [0, 0.05) is 0 Å². The van der Waals surface area contributed by atoms with Crippen LogP contribution in [0.2, 0.25) is 0 Å². The fourth-order valence-corrected chi connectivity index (χ4v) is 1.24. The summed E-state index contributed by atoms with van der Waals surface area (Å²) in [5.41, 5.74) is 1.04. The molecule has 3 heteroatoms. The highest BCUT2D eigenvalue weighted by molar-refractivity contribution is 5.69. The average molecular weight is 164 g/mol. The van der Waals surface area contributed by atoms with Crippen LogP contribution in [0.15, 0.2) is 30.3 Å². The number of rotatable bonds is 1. The van der Waals surface area contributed by atoms with Crippen LogP contribution in [0.25, 0.3) is 0 Å². The summed E-state index contributed by atoms with van der Waals surface area (Å²) in [5.74, 6) is 0. The number of nitrogens with one attached hydrogen (secondary N) is 1. The number of cyclic esters (lactones) is 1. The number of carbonyl (C=O) groups is 1. The lowest BCUT2D eigenvalue weighted by Crippen LogP contribution is -2.12. The molecule has 1 aliphatic rings. The second kappa shape index (κ2) is 2.85. The van der Waals surface area contributed by atoms with E-state index in [-0.39, 0.29) is 12.2 Å². The molecule has 2 rings (SSSR count). The molecule has 1 aliphatic heterocycles. The van der Waals surface area contributed by atoms with Gasteiger partial charge in [-0.05, 0) is 5.56 Å². The molecule has 1 atom stereocenters. The van der Waals surface area contributed by atoms with Gasteiger partial charge in [0.1, 0.15) is 6.10 Å². The largest absolute Gasteiger partial charge is 0.439 e. The Hall–Kier alpha value is -1.51. The van der Waals surface area contributed by atoms with Gasteiger partial charge in [-0.3, -0.25) is 0 Å². The molecule has 1 N–H and O–H groups in total. The van der Waals surface area contributed by atoms with Crippen LogP contribution in [0, 0.1) is 0 Å². The maximum atomic E-state index is 10.7. The van der Waals surface area contributed by atoms with E-state index >= 15 is 0 Å². The summed E-state index contributed by atoms with van der Waals surface area (Å²) in [6, 6.07) is 9.70. The fourth-order valence-electron chi connectivity index (χ4n) is 1.24. The molecule has 1 saturated heterocycles. The van der Waals surface area contributed by atoms with Crippen molar-refractivity contribution in [1.29, 1.82) is 0 Å². The van der Waals surface area contributed by atoms with Crippen molar-refractivity contribution in [2.24, 2.45) is 0 Å². The van der Waals surface area contributed by atoms with E-state index < -0.39 is 0 Å². The van der Waals surface area contributed by atoms with Gasteiger partial charge in [0.2, 0.25) is 0 Å². The molecular weight excluding hydrogens is 155 g/mol. The highest BCUT2D eigenvalue weighted by Crippen LogP contribution is 2.19. The monoisotopic (exact) mass is 164 g/mol. The van der Waals surface area contributed by atoms with Crippen LogP contribution >= 0.6 is 0 Å². The number of amides is 1. The van der Waals surface area contributed by atoms with Crippen molar-refractivity contribution in [2.75, 3.05) is 6.54 Å². The lowest BCUT2D eigenvalue weighted by molar-refractivity contribution is 0.141. The highest BCUT2D eigenvalue weighted by atomic mass is 16.7. The van der Waals surface area contributed by atoms with Crippen molar-refractivity contribution in [3.63, 3.8) is 0 Å². The minimum absolute atomic E-state index is 0.112. The van der Waals surface area contributed by atoms with Crippen LogP contribution in [-0.4, -0.2) is 12.6 Å². The standard InChI is InChI=1S/C9H9NO2/c11-9-10-6-8(12-9)7-4-2-1-3-5-7/h1-5,8H,6H2,(H,10,11)/i9+1. The van der Waals surface area contributed by atoms with E-state index in [1.807, 2.05) is 30.3 Å². The topological polar surface area (TPSA) is 38.3 Å². The van der Waals surface area contributed by atoms with Crippen molar-refractivity contribution in [2.45, 2.75) is 6.10 Å². The van der Waals surface area contributed by atoms with Crippen LogP contribution in [-0.2, 0) is 4.74 Å². The van der Waals surface area contributed by atoms with E-state index in [1.54, 1.807) is 0 Å². The van der Waals surface area contributed by atoms with Crippen LogP contribution in [0.1, 0.15) is 11.7 Å². The average Bonchev–Trinajstić information content (AvgIpc) is 2.54. The van der Waals surface area contributed by atoms with Crippen LogP contribution in [0.4, 0.5) is 4.79 Å². The van der Waals surface area contributed by atoms with Gasteiger partial charge >= 0.3 is 6.09 Å². The van der Waals surface area contributed by atoms with E-state index in [9.17, 15) is 4.79 Å². The molecule has 0 aliphatic carbocycles. The Labute approximate surface area is 70.3 Å².